The fourth-order valence-electron chi connectivity index (χ4n) is 3.29. The summed E-state index contributed by atoms with van der Waals surface area (Å²) in [7, 11) is 0. The first-order valence-electron chi connectivity index (χ1n) is 8.96. The van der Waals surface area contributed by atoms with E-state index in [1.165, 1.54) is 0 Å². The maximum atomic E-state index is 9.67. The summed E-state index contributed by atoms with van der Waals surface area (Å²) in [4.78, 5) is 4.61. The molecular formula is C23H22N2O3. The molecule has 142 valence electrons. The highest BCUT2D eigenvalue weighted by molar-refractivity contribution is 5.86. The molecule has 0 bridgehead atoms. The van der Waals surface area contributed by atoms with Crippen LogP contribution in [0.5, 0.6) is 11.5 Å². The Hall–Kier alpha value is -3.49. The Bertz CT molecular complexity index is 1000. The quantitative estimate of drug-likeness (QED) is 0.446. The van der Waals surface area contributed by atoms with Gasteiger partial charge in [0.25, 0.3) is 0 Å². The van der Waals surface area contributed by atoms with Gasteiger partial charge in [0.05, 0.1) is 12.3 Å². The maximum Gasteiger partial charge on any atom is 0.131 e. The van der Waals surface area contributed by atoms with Crippen LogP contribution >= 0.6 is 0 Å². The summed E-state index contributed by atoms with van der Waals surface area (Å²) in [6.07, 6.45) is 6.00. The van der Waals surface area contributed by atoms with Gasteiger partial charge in [0, 0.05) is 11.1 Å². The average molecular weight is 374 g/mol. The van der Waals surface area contributed by atoms with Gasteiger partial charge in [-0.25, -0.2) is 4.98 Å². The number of benzene rings is 2. The first kappa shape index (κ1) is 19.3. The van der Waals surface area contributed by atoms with E-state index in [9.17, 15) is 10.2 Å². The summed E-state index contributed by atoms with van der Waals surface area (Å²) in [6.45, 7) is 2.46. The molecule has 1 aromatic heterocycles. The molecule has 0 aliphatic heterocycles. The summed E-state index contributed by atoms with van der Waals surface area (Å²) in [5.41, 5.74) is 11.6. The molecule has 0 spiro atoms. The van der Waals surface area contributed by atoms with E-state index in [0.717, 1.165) is 27.8 Å². The number of phenolic OH excluding ortho intramolecular Hbond substituents is 2. The SMILES string of the molecule is C#CCOCc1nc(N)c(-c2ccc(O)cc2)c(CC)c1-c1ccc(O)cc1. The second-order valence-electron chi connectivity index (χ2n) is 6.32. The topological polar surface area (TPSA) is 88.6 Å². The van der Waals surface area contributed by atoms with Crippen LogP contribution in [-0.2, 0) is 17.8 Å². The normalized spacial score (nSPS) is 10.6. The molecular weight excluding hydrogens is 352 g/mol. The van der Waals surface area contributed by atoms with Crippen LogP contribution in [0.1, 0.15) is 18.2 Å². The molecule has 0 radical (unpaired) electrons. The van der Waals surface area contributed by atoms with Gasteiger partial charge in [-0.15, -0.1) is 6.42 Å². The average Bonchev–Trinajstić information content (AvgIpc) is 2.69. The van der Waals surface area contributed by atoms with Gasteiger partial charge < -0.3 is 20.7 Å². The monoisotopic (exact) mass is 374 g/mol. The van der Waals surface area contributed by atoms with Gasteiger partial charge >= 0.3 is 0 Å². The van der Waals surface area contributed by atoms with Crippen molar-refractivity contribution < 1.29 is 14.9 Å². The summed E-state index contributed by atoms with van der Waals surface area (Å²) in [6, 6.07) is 13.8. The number of nitrogen functional groups attached to an aromatic ring is 1. The Labute approximate surface area is 164 Å². The Morgan fingerprint density at radius 1 is 0.964 bits per heavy atom. The molecule has 0 fully saturated rings. The largest absolute Gasteiger partial charge is 0.508 e. The van der Waals surface area contributed by atoms with E-state index in [4.69, 9.17) is 16.9 Å². The minimum atomic E-state index is 0.178. The van der Waals surface area contributed by atoms with Gasteiger partial charge in [-0.05, 0) is 47.4 Å². The molecule has 1 heterocycles. The number of aromatic hydroxyl groups is 2. The van der Waals surface area contributed by atoms with Crippen LogP contribution < -0.4 is 5.73 Å². The molecule has 3 aromatic rings. The Balaban J connectivity index is 2.25. The van der Waals surface area contributed by atoms with E-state index in [1.54, 1.807) is 24.3 Å². The summed E-state index contributed by atoms with van der Waals surface area (Å²) < 4.78 is 5.53. The zero-order valence-corrected chi connectivity index (χ0v) is 15.6. The molecule has 0 aliphatic rings. The molecule has 5 nitrogen and oxygen atoms in total. The lowest BCUT2D eigenvalue weighted by molar-refractivity contribution is 0.151. The van der Waals surface area contributed by atoms with Gasteiger partial charge in [-0.2, -0.15) is 0 Å². The Kier molecular flexibility index (Phi) is 5.83. The predicted octanol–water partition coefficient (Wildman–Crippen LogP) is 4.12. The number of nitrogens with two attached hydrogens (primary N) is 1. The van der Waals surface area contributed by atoms with E-state index < -0.39 is 0 Å². The summed E-state index contributed by atoms with van der Waals surface area (Å²) in [5.74, 6) is 3.22. The number of pyridine rings is 1. The van der Waals surface area contributed by atoms with Crippen molar-refractivity contribution in [3.63, 3.8) is 0 Å². The van der Waals surface area contributed by atoms with Crippen molar-refractivity contribution in [2.24, 2.45) is 0 Å². The second kappa shape index (κ2) is 8.47. The molecule has 0 amide bonds. The molecule has 28 heavy (non-hydrogen) atoms. The molecule has 2 aromatic carbocycles. The second-order valence-corrected chi connectivity index (χ2v) is 6.32. The zero-order valence-electron chi connectivity index (χ0n) is 15.6. The first-order chi connectivity index (χ1) is 13.5. The number of hydrogen-bond acceptors (Lipinski definition) is 5. The van der Waals surface area contributed by atoms with E-state index in [-0.39, 0.29) is 24.7 Å². The Morgan fingerprint density at radius 3 is 2.00 bits per heavy atom. The highest BCUT2D eigenvalue weighted by Gasteiger charge is 2.20. The molecule has 0 saturated heterocycles. The van der Waals surface area contributed by atoms with Gasteiger partial charge in [0.2, 0.25) is 0 Å². The summed E-state index contributed by atoms with van der Waals surface area (Å²) >= 11 is 0. The van der Waals surface area contributed by atoms with Crippen LogP contribution in [0.4, 0.5) is 5.82 Å². The van der Waals surface area contributed by atoms with Crippen LogP contribution in [0.25, 0.3) is 22.3 Å². The van der Waals surface area contributed by atoms with E-state index >= 15 is 0 Å². The van der Waals surface area contributed by atoms with Gasteiger partial charge in [0.15, 0.2) is 0 Å². The maximum absolute atomic E-state index is 9.67. The fraction of sp³-hybridized carbons (Fsp3) is 0.174. The number of ether oxygens (including phenoxy) is 1. The van der Waals surface area contributed by atoms with Crippen molar-refractivity contribution in [2.75, 3.05) is 12.3 Å². The van der Waals surface area contributed by atoms with Gasteiger partial charge in [-0.1, -0.05) is 37.1 Å². The predicted molar refractivity (Wildman–Crippen MR) is 111 cm³/mol. The van der Waals surface area contributed by atoms with E-state index in [0.29, 0.717) is 17.9 Å². The Morgan fingerprint density at radius 2 is 1.50 bits per heavy atom. The number of phenols is 2. The first-order valence-corrected chi connectivity index (χ1v) is 8.96. The van der Waals surface area contributed by atoms with Crippen molar-refractivity contribution in [1.29, 1.82) is 0 Å². The van der Waals surface area contributed by atoms with Gasteiger partial charge in [0.1, 0.15) is 23.9 Å². The minimum absolute atomic E-state index is 0.178. The highest BCUT2D eigenvalue weighted by Crippen LogP contribution is 2.39. The molecule has 0 saturated carbocycles. The molecule has 4 N–H and O–H groups in total. The molecule has 3 rings (SSSR count). The molecule has 0 unspecified atom stereocenters. The lowest BCUT2D eigenvalue weighted by atomic mass is 9.89. The van der Waals surface area contributed by atoms with Crippen molar-refractivity contribution >= 4 is 5.82 Å². The molecule has 0 atom stereocenters. The number of anilines is 1. The van der Waals surface area contributed by atoms with Crippen molar-refractivity contribution in [1.82, 2.24) is 4.98 Å². The van der Waals surface area contributed by atoms with E-state index in [1.807, 2.05) is 24.3 Å². The highest BCUT2D eigenvalue weighted by atomic mass is 16.5. The molecule has 5 heteroatoms. The van der Waals surface area contributed by atoms with Gasteiger partial charge in [-0.3, -0.25) is 0 Å². The van der Waals surface area contributed by atoms with Crippen molar-refractivity contribution in [3.05, 3.63) is 59.8 Å². The van der Waals surface area contributed by atoms with Crippen LogP contribution in [0.15, 0.2) is 48.5 Å². The minimum Gasteiger partial charge on any atom is -0.508 e. The number of hydrogen-bond donors (Lipinski definition) is 3. The van der Waals surface area contributed by atoms with Crippen molar-refractivity contribution in [3.8, 4) is 46.1 Å². The third kappa shape index (κ3) is 3.93. The third-order valence-electron chi connectivity index (χ3n) is 4.49. The smallest absolute Gasteiger partial charge is 0.131 e. The van der Waals surface area contributed by atoms with Crippen LogP contribution in [0.2, 0.25) is 0 Å². The third-order valence-corrected chi connectivity index (χ3v) is 4.49. The van der Waals surface area contributed by atoms with Crippen LogP contribution in [-0.4, -0.2) is 21.8 Å². The number of nitrogens with zero attached hydrogens (tertiary/aromatic N) is 1. The van der Waals surface area contributed by atoms with E-state index in [2.05, 4.69) is 17.8 Å². The summed E-state index contributed by atoms with van der Waals surface area (Å²) in [5, 5.41) is 19.3. The lowest BCUT2D eigenvalue weighted by Gasteiger charge is -2.20. The van der Waals surface area contributed by atoms with Crippen molar-refractivity contribution in [2.45, 2.75) is 20.0 Å². The molecule has 0 aliphatic carbocycles. The number of aromatic nitrogens is 1. The zero-order chi connectivity index (χ0) is 20.1. The van der Waals surface area contributed by atoms with Crippen LogP contribution in [0.3, 0.4) is 0 Å². The number of terminal acetylenes is 1. The number of rotatable bonds is 6. The van der Waals surface area contributed by atoms with Crippen LogP contribution in [0, 0.1) is 12.3 Å². The fourth-order valence-corrected chi connectivity index (χ4v) is 3.29. The standard InChI is InChI=1S/C23H22N2O3/c1-3-13-28-14-20-21(15-5-9-17(26)10-6-15)19(4-2)22(23(24)25-20)16-7-11-18(27)12-8-16/h1,5-12,26-27H,4,13-14H2,2H3,(H2,24,25). The lowest BCUT2D eigenvalue weighted by Crippen LogP contribution is -2.08.